The fourth-order valence-electron chi connectivity index (χ4n) is 2.40. The molecule has 0 atom stereocenters. The lowest BCUT2D eigenvalue weighted by Gasteiger charge is -2.19. The summed E-state index contributed by atoms with van der Waals surface area (Å²) in [7, 11) is 0. The third kappa shape index (κ3) is 4.22. The second-order valence-electron chi connectivity index (χ2n) is 7.27. The van der Waals surface area contributed by atoms with Gasteiger partial charge in [-0.2, -0.15) is 5.26 Å². The van der Waals surface area contributed by atoms with Crippen molar-refractivity contribution in [1.82, 2.24) is 0 Å². The molecule has 132 valence electrons. The van der Waals surface area contributed by atoms with Crippen LogP contribution in [0, 0.1) is 16.7 Å². The Kier molecular flexibility index (Phi) is 4.97. The quantitative estimate of drug-likeness (QED) is 0.669. The zero-order valence-electron chi connectivity index (χ0n) is 15.0. The Hall–Kier alpha value is -2.84. The number of nitriles is 1. The number of benzene rings is 2. The predicted octanol–water partition coefficient (Wildman–Crippen LogP) is 5.45. The van der Waals surface area contributed by atoms with Gasteiger partial charge in [-0.25, -0.2) is 0 Å². The van der Waals surface area contributed by atoms with E-state index in [2.05, 4.69) is 32.2 Å². The largest absolute Gasteiger partial charge is 0.492 e. The van der Waals surface area contributed by atoms with Gasteiger partial charge in [-0.1, -0.05) is 39.0 Å². The molecule has 5 heteroatoms. The first-order valence-corrected chi connectivity index (χ1v) is 9.14. The number of ether oxygens (including phenoxy) is 1. The Morgan fingerprint density at radius 1 is 1.19 bits per heavy atom. The number of anilines is 1. The summed E-state index contributed by atoms with van der Waals surface area (Å²) in [6.07, 6.45) is 0. The summed E-state index contributed by atoms with van der Waals surface area (Å²) < 4.78 is 6.81. The van der Waals surface area contributed by atoms with Gasteiger partial charge >= 0.3 is 0 Å². The molecule has 2 aromatic carbocycles. The highest BCUT2D eigenvalue weighted by Crippen LogP contribution is 2.28. The third-order valence-electron chi connectivity index (χ3n) is 3.67. The lowest BCUT2D eigenvalue weighted by Crippen LogP contribution is -2.17. The van der Waals surface area contributed by atoms with Crippen molar-refractivity contribution >= 4 is 33.0 Å². The maximum absolute atomic E-state index is 12.5. The zero-order chi connectivity index (χ0) is 18.7. The van der Waals surface area contributed by atoms with Gasteiger partial charge < -0.3 is 10.1 Å². The fourth-order valence-corrected chi connectivity index (χ4v) is 3.36. The molecule has 0 unspecified atom stereocenters. The van der Waals surface area contributed by atoms with Gasteiger partial charge in [0, 0.05) is 10.4 Å². The molecule has 3 rings (SSSR count). The van der Waals surface area contributed by atoms with Crippen LogP contribution >= 0.6 is 11.3 Å². The van der Waals surface area contributed by atoms with Crippen molar-refractivity contribution in [2.75, 3.05) is 11.9 Å². The molecule has 0 spiro atoms. The van der Waals surface area contributed by atoms with E-state index in [0.717, 1.165) is 10.1 Å². The van der Waals surface area contributed by atoms with Crippen LogP contribution in [0.4, 0.5) is 5.69 Å². The second kappa shape index (κ2) is 7.19. The molecule has 0 saturated carbocycles. The maximum Gasteiger partial charge on any atom is 0.265 e. The summed E-state index contributed by atoms with van der Waals surface area (Å²) in [6, 6.07) is 17.0. The second-order valence-corrected chi connectivity index (χ2v) is 8.36. The van der Waals surface area contributed by atoms with Crippen LogP contribution in [0.2, 0.25) is 0 Å². The predicted molar refractivity (Wildman–Crippen MR) is 106 cm³/mol. The summed E-state index contributed by atoms with van der Waals surface area (Å²) in [6.45, 7) is 6.71. The average molecular weight is 364 g/mol. The molecule has 0 fully saturated rings. The van der Waals surface area contributed by atoms with E-state index in [9.17, 15) is 10.1 Å². The molecule has 4 nitrogen and oxygen atoms in total. The molecule has 0 bridgehead atoms. The molecule has 0 saturated heterocycles. The van der Waals surface area contributed by atoms with E-state index in [4.69, 9.17) is 4.74 Å². The highest BCUT2D eigenvalue weighted by atomic mass is 32.1. The molecule has 1 heterocycles. The van der Waals surface area contributed by atoms with Gasteiger partial charge in [0.15, 0.2) is 0 Å². The Morgan fingerprint density at radius 3 is 2.65 bits per heavy atom. The van der Waals surface area contributed by atoms with Crippen molar-refractivity contribution in [1.29, 1.82) is 5.26 Å². The van der Waals surface area contributed by atoms with Gasteiger partial charge in [0.1, 0.15) is 11.8 Å². The van der Waals surface area contributed by atoms with Crippen LogP contribution in [-0.4, -0.2) is 12.5 Å². The molecule has 0 aliphatic heterocycles. The van der Waals surface area contributed by atoms with E-state index in [1.165, 1.54) is 11.3 Å². The number of nitrogens with one attached hydrogen (secondary N) is 1. The smallest absolute Gasteiger partial charge is 0.265 e. The molecule has 0 radical (unpaired) electrons. The van der Waals surface area contributed by atoms with Crippen molar-refractivity contribution in [2.24, 2.45) is 5.41 Å². The lowest BCUT2D eigenvalue weighted by atomic mass is 9.98. The van der Waals surface area contributed by atoms with E-state index >= 15 is 0 Å². The van der Waals surface area contributed by atoms with E-state index in [1.54, 1.807) is 18.2 Å². The van der Waals surface area contributed by atoms with Crippen LogP contribution in [0.1, 0.15) is 36.0 Å². The van der Waals surface area contributed by atoms with Gasteiger partial charge in [-0.3, -0.25) is 4.79 Å². The van der Waals surface area contributed by atoms with Crippen molar-refractivity contribution in [2.45, 2.75) is 20.8 Å². The number of fused-ring (bicyclic) bond motifs is 1. The van der Waals surface area contributed by atoms with Crippen LogP contribution in [-0.2, 0) is 0 Å². The minimum Gasteiger partial charge on any atom is -0.492 e. The first-order chi connectivity index (χ1) is 12.4. The van der Waals surface area contributed by atoms with Crippen LogP contribution < -0.4 is 10.1 Å². The minimum atomic E-state index is -0.182. The van der Waals surface area contributed by atoms with Crippen LogP contribution in [0.5, 0.6) is 5.75 Å². The van der Waals surface area contributed by atoms with Crippen molar-refractivity contribution in [3.05, 3.63) is 59.0 Å². The number of amides is 1. The Morgan fingerprint density at radius 2 is 1.96 bits per heavy atom. The number of carbonyl (C=O) groups is 1. The molecule has 3 aromatic rings. The van der Waals surface area contributed by atoms with Gasteiger partial charge in [0.2, 0.25) is 0 Å². The van der Waals surface area contributed by atoms with E-state index in [-0.39, 0.29) is 11.3 Å². The number of rotatable bonds is 4. The number of carbonyl (C=O) groups excluding carboxylic acids is 1. The van der Waals surface area contributed by atoms with Crippen molar-refractivity contribution in [3.63, 3.8) is 0 Å². The number of nitrogens with zero attached hydrogens (tertiary/aromatic N) is 1. The summed E-state index contributed by atoms with van der Waals surface area (Å²) in [5.74, 6) is 0.348. The van der Waals surface area contributed by atoms with Gasteiger partial charge in [-0.05, 0) is 41.1 Å². The number of hydrogen-bond donors (Lipinski definition) is 1. The first-order valence-electron chi connectivity index (χ1n) is 8.33. The van der Waals surface area contributed by atoms with Crippen molar-refractivity contribution in [3.8, 4) is 11.8 Å². The first kappa shape index (κ1) is 18.0. The molecular formula is C21H20N2O2S. The zero-order valence-corrected chi connectivity index (χ0v) is 15.8. The number of thiophene rings is 1. The fraction of sp³-hybridized carbons (Fsp3) is 0.238. The molecule has 0 aliphatic rings. The maximum atomic E-state index is 12.5. The monoisotopic (exact) mass is 364 g/mol. The summed E-state index contributed by atoms with van der Waals surface area (Å²) >= 11 is 1.45. The van der Waals surface area contributed by atoms with E-state index < -0.39 is 0 Å². The van der Waals surface area contributed by atoms with Gasteiger partial charge in [0.05, 0.1) is 17.0 Å². The van der Waals surface area contributed by atoms with E-state index in [0.29, 0.717) is 28.5 Å². The Labute approximate surface area is 157 Å². The third-order valence-corrected chi connectivity index (χ3v) is 4.78. The summed E-state index contributed by atoms with van der Waals surface area (Å²) in [5.41, 5.74) is 0.983. The molecular weight excluding hydrogens is 344 g/mol. The molecule has 1 aromatic heterocycles. The number of hydrogen-bond acceptors (Lipinski definition) is 4. The standard InChI is InChI=1S/C21H20N2O2S/c1-21(2,3)13-25-17-9-8-16(10-15(17)12-22)23-20(24)19-11-14-6-4-5-7-18(14)26-19/h4-11H,13H2,1-3H3,(H,23,24). The average Bonchev–Trinajstić information content (AvgIpc) is 3.04. The van der Waals surface area contributed by atoms with Gasteiger partial charge in [0.25, 0.3) is 5.91 Å². The highest BCUT2D eigenvalue weighted by Gasteiger charge is 2.15. The van der Waals surface area contributed by atoms with Gasteiger partial charge in [-0.15, -0.1) is 11.3 Å². The van der Waals surface area contributed by atoms with Crippen LogP contribution in [0.3, 0.4) is 0 Å². The molecule has 1 N–H and O–H groups in total. The van der Waals surface area contributed by atoms with E-state index in [1.807, 2.05) is 30.3 Å². The van der Waals surface area contributed by atoms with Crippen LogP contribution in [0.15, 0.2) is 48.5 Å². The topological polar surface area (TPSA) is 62.1 Å². The SMILES string of the molecule is CC(C)(C)COc1ccc(NC(=O)c2cc3ccccc3s2)cc1C#N. The Balaban J connectivity index is 1.77. The van der Waals surface area contributed by atoms with Crippen molar-refractivity contribution < 1.29 is 9.53 Å². The lowest BCUT2D eigenvalue weighted by molar-refractivity contribution is 0.103. The van der Waals surface area contributed by atoms with Crippen LogP contribution in [0.25, 0.3) is 10.1 Å². The normalized spacial score (nSPS) is 11.2. The molecule has 26 heavy (non-hydrogen) atoms. The summed E-state index contributed by atoms with van der Waals surface area (Å²) in [4.78, 5) is 13.1. The Bertz CT molecular complexity index is 960. The highest BCUT2D eigenvalue weighted by molar-refractivity contribution is 7.20. The minimum absolute atomic E-state index is 0.000784. The summed E-state index contributed by atoms with van der Waals surface area (Å²) in [5, 5.41) is 13.3. The molecule has 0 aliphatic carbocycles. The molecule has 1 amide bonds.